The molecule has 0 bridgehead atoms. The number of nitrogens with zero attached hydrogens (tertiary/aromatic N) is 3. The SMILES string of the molecule is CSc1ccc(CSc2nnc(-c3cccc(Cl)c3)n2N)cc1. The number of halogens is 1. The lowest BCUT2D eigenvalue weighted by Crippen LogP contribution is -2.11. The molecule has 0 amide bonds. The summed E-state index contributed by atoms with van der Waals surface area (Å²) in [5.41, 5.74) is 2.07. The molecular weight excluding hydrogens is 348 g/mol. The van der Waals surface area contributed by atoms with Gasteiger partial charge in [-0.25, -0.2) is 4.68 Å². The molecule has 0 fully saturated rings. The van der Waals surface area contributed by atoms with Crippen molar-refractivity contribution in [2.45, 2.75) is 15.8 Å². The first-order chi connectivity index (χ1) is 11.2. The van der Waals surface area contributed by atoms with Gasteiger partial charge in [0, 0.05) is 21.2 Å². The molecule has 0 aliphatic heterocycles. The van der Waals surface area contributed by atoms with Crippen LogP contribution < -0.4 is 5.84 Å². The van der Waals surface area contributed by atoms with E-state index in [1.807, 2.05) is 24.3 Å². The summed E-state index contributed by atoms with van der Waals surface area (Å²) >= 11 is 9.30. The molecule has 118 valence electrons. The van der Waals surface area contributed by atoms with E-state index in [0.29, 0.717) is 16.0 Å². The van der Waals surface area contributed by atoms with Crippen LogP contribution in [-0.2, 0) is 5.75 Å². The van der Waals surface area contributed by atoms with Crippen molar-refractivity contribution < 1.29 is 0 Å². The highest BCUT2D eigenvalue weighted by molar-refractivity contribution is 7.98. The van der Waals surface area contributed by atoms with Gasteiger partial charge in [0.15, 0.2) is 5.82 Å². The molecular formula is C16H15ClN4S2. The molecule has 3 aromatic rings. The van der Waals surface area contributed by atoms with E-state index in [-0.39, 0.29) is 0 Å². The topological polar surface area (TPSA) is 56.7 Å². The second-order valence-electron chi connectivity index (χ2n) is 4.82. The Hall–Kier alpha value is -1.63. The van der Waals surface area contributed by atoms with Gasteiger partial charge in [-0.15, -0.1) is 22.0 Å². The molecule has 4 nitrogen and oxygen atoms in total. The summed E-state index contributed by atoms with van der Waals surface area (Å²) < 4.78 is 1.51. The smallest absolute Gasteiger partial charge is 0.210 e. The molecule has 0 aliphatic carbocycles. The number of hydrogen-bond acceptors (Lipinski definition) is 5. The van der Waals surface area contributed by atoms with Crippen LogP contribution in [0, 0.1) is 0 Å². The molecule has 0 saturated heterocycles. The maximum absolute atomic E-state index is 6.12. The minimum absolute atomic E-state index is 0.604. The molecule has 0 aliphatic rings. The van der Waals surface area contributed by atoms with Gasteiger partial charge in [0.2, 0.25) is 5.16 Å². The zero-order valence-electron chi connectivity index (χ0n) is 12.4. The summed E-state index contributed by atoms with van der Waals surface area (Å²) in [4.78, 5) is 1.25. The first-order valence-electron chi connectivity index (χ1n) is 6.89. The fourth-order valence-corrected chi connectivity index (χ4v) is 3.48. The predicted molar refractivity (Wildman–Crippen MR) is 98.4 cm³/mol. The number of rotatable bonds is 5. The third kappa shape index (κ3) is 3.83. The number of aromatic nitrogens is 3. The molecule has 0 spiro atoms. The van der Waals surface area contributed by atoms with Crippen LogP contribution >= 0.6 is 35.1 Å². The summed E-state index contributed by atoms with van der Waals surface area (Å²) in [6.45, 7) is 0. The summed E-state index contributed by atoms with van der Waals surface area (Å²) in [5, 5.41) is 9.67. The summed E-state index contributed by atoms with van der Waals surface area (Å²) in [5.74, 6) is 7.52. The number of hydrogen-bond donors (Lipinski definition) is 1. The third-order valence-corrected chi connectivity index (χ3v) is 5.27. The molecule has 3 rings (SSSR count). The van der Waals surface area contributed by atoms with E-state index in [1.54, 1.807) is 23.5 Å². The van der Waals surface area contributed by atoms with Crippen LogP contribution in [0.15, 0.2) is 58.6 Å². The highest BCUT2D eigenvalue weighted by Gasteiger charge is 2.12. The third-order valence-electron chi connectivity index (χ3n) is 3.27. The van der Waals surface area contributed by atoms with Crippen LogP contribution in [0.4, 0.5) is 0 Å². The van der Waals surface area contributed by atoms with E-state index < -0.39 is 0 Å². The van der Waals surface area contributed by atoms with Gasteiger partial charge in [0.25, 0.3) is 0 Å². The Morgan fingerprint density at radius 1 is 1.13 bits per heavy atom. The van der Waals surface area contributed by atoms with Crippen molar-refractivity contribution in [3.8, 4) is 11.4 Å². The van der Waals surface area contributed by atoms with Crippen molar-refractivity contribution in [3.05, 3.63) is 59.1 Å². The van der Waals surface area contributed by atoms with Crippen molar-refractivity contribution in [1.82, 2.24) is 14.9 Å². The lowest BCUT2D eigenvalue weighted by molar-refractivity contribution is 0.849. The number of thioether (sulfide) groups is 2. The second-order valence-corrected chi connectivity index (χ2v) is 7.08. The molecule has 0 unspecified atom stereocenters. The normalized spacial score (nSPS) is 10.9. The molecule has 2 N–H and O–H groups in total. The molecule has 1 aromatic heterocycles. The Labute approximate surface area is 148 Å². The van der Waals surface area contributed by atoms with Crippen molar-refractivity contribution >= 4 is 35.1 Å². The van der Waals surface area contributed by atoms with Crippen molar-refractivity contribution in [1.29, 1.82) is 0 Å². The minimum Gasteiger partial charge on any atom is -0.335 e. The van der Waals surface area contributed by atoms with Crippen LogP contribution in [0.5, 0.6) is 0 Å². The number of nitrogen functional groups attached to an aromatic ring is 1. The van der Waals surface area contributed by atoms with Gasteiger partial charge in [-0.05, 0) is 36.1 Å². The van der Waals surface area contributed by atoms with Gasteiger partial charge in [-0.2, -0.15) is 0 Å². The largest absolute Gasteiger partial charge is 0.335 e. The molecule has 7 heteroatoms. The average molecular weight is 363 g/mol. The van der Waals surface area contributed by atoms with Crippen molar-refractivity contribution in [2.75, 3.05) is 12.1 Å². The van der Waals surface area contributed by atoms with Crippen LogP contribution in [-0.4, -0.2) is 21.1 Å². The summed E-state index contributed by atoms with van der Waals surface area (Å²) in [6, 6.07) is 15.9. The highest BCUT2D eigenvalue weighted by atomic mass is 35.5. The predicted octanol–water partition coefficient (Wildman–Crippen LogP) is 4.33. The Kier molecular flexibility index (Phi) is 5.15. The first-order valence-corrected chi connectivity index (χ1v) is 9.48. The second kappa shape index (κ2) is 7.29. The van der Waals surface area contributed by atoms with Gasteiger partial charge in [-0.1, -0.05) is 47.6 Å². The Morgan fingerprint density at radius 2 is 1.91 bits per heavy atom. The van der Waals surface area contributed by atoms with Gasteiger partial charge >= 0.3 is 0 Å². The first kappa shape index (κ1) is 16.2. The summed E-state index contributed by atoms with van der Waals surface area (Å²) in [6.07, 6.45) is 2.07. The lowest BCUT2D eigenvalue weighted by atomic mass is 10.2. The van der Waals surface area contributed by atoms with Gasteiger partial charge in [-0.3, -0.25) is 0 Å². The molecule has 2 aromatic carbocycles. The van der Waals surface area contributed by atoms with Crippen LogP contribution in [0.3, 0.4) is 0 Å². The quantitative estimate of drug-likeness (QED) is 0.541. The Bertz CT molecular complexity index is 802. The van der Waals surface area contributed by atoms with Crippen LogP contribution in [0.2, 0.25) is 5.02 Å². The minimum atomic E-state index is 0.604. The Morgan fingerprint density at radius 3 is 2.61 bits per heavy atom. The van der Waals surface area contributed by atoms with Crippen molar-refractivity contribution in [3.63, 3.8) is 0 Å². The Balaban J connectivity index is 1.74. The highest BCUT2D eigenvalue weighted by Crippen LogP contribution is 2.26. The van der Waals surface area contributed by atoms with Crippen molar-refractivity contribution in [2.24, 2.45) is 0 Å². The monoisotopic (exact) mass is 362 g/mol. The lowest BCUT2D eigenvalue weighted by Gasteiger charge is -2.05. The maximum atomic E-state index is 6.12. The maximum Gasteiger partial charge on any atom is 0.210 e. The standard InChI is InChI=1S/C16H15ClN4S2/c1-22-14-7-5-11(6-8-14)10-23-16-20-19-15(21(16)18)12-3-2-4-13(17)9-12/h2-9H,10,18H2,1H3. The van der Waals surface area contributed by atoms with Gasteiger partial charge in [0.1, 0.15) is 0 Å². The van der Waals surface area contributed by atoms with E-state index in [4.69, 9.17) is 17.4 Å². The van der Waals surface area contributed by atoms with E-state index in [9.17, 15) is 0 Å². The van der Waals surface area contributed by atoms with Crippen LogP contribution in [0.25, 0.3) is 11.4 Å². The number of nitrogens with two attached hydrogens (primary N) is 1. The zero-order valence-corrected chi connectivity index (χ0v) is 14.8. The summed E-state index contributed by atoms with van der Waals surface area (Å²) in [7, 11) is 0. The molecule has 0 saturated carbocycles. The average Bonchev–Trinajstić information content (AvgIpc) is 2.94. The van der Waals surface area contributed by atoms with Crippen LogP contribution in [0.1, 0.15) is 5.56 Å². The van der Waals surface area contributed by atoms with E-state index in [2.05, 4.69) is 40.7 Å². The fourth-order valence-electron chi connectivity index (χ4n) is 2.07. The van der Waals surface area contributed by atoms with E-state index in [0.717, 1.165) is 11.3 Å². The number of benzene rings is 2. The molecule has 23 heavy (non-hydrogen) atoms. The zero-order chi connectivity index (χ0) is 16.2. The fraction of sp³-hybridized carbons (Fsp3) is 0.125. The molecule has 0 atom stereocenters. The van der Waals surface area contributed by atoms with Gasteiger partial charge in [0.05, 0.1) is 0 Å². The van der Waals surface area contributed by atoms with E-state index >= 15 is 0 Å². The molecule has 0 radical (unpaired) electrons. The molecule has 1 heterocycles. The van der Waals surface area contributed by atoms with Gasteiger partial charge < -0.3 is 5.84 Å². The van der Waals surface area contributed by atoms with E-state index in [1.165, 1.54) is 15.1 Å².